The standard InChI is InChI=1S/C20H24F3N3O5S2/c1-11-15(26-17(24-11)32-16(25-26)18(2,3)28)12-4-5-13(20(21,22)23)14(6-12)33(29,30)10-19(7-27)8-31-9-19/h6,27-28H,4-5,7-10H2,1-3H3. The molecule has 0 aromatic carbocycles. The first kappa shape index (κ1) is 24.3. The summed E-state index contributed by atoms with van der Waals surface area (Å²) in [6, 6.07) is 0. The second-order valence-electron chi connectivity index (χ2n) is 9.13. The lowest BCUT2D eigenvalue weighted by Crippen LogP contribution is -2.50. The third-order valence-corrected chi connectivity index (χ3v) is 9.03. The molecule has 0 amide bonds. The van der Waals surface area contributed by atoms with Crippen LogP contribution in [-0.4, -0.2) is 65.0 Å². The van der Waals surface area contributed by atoms with Crippen LogP contribution in [0.15, 0.2) is 16.6 Å². The number of aryl methyl sites for hydroxylation is 1. The summed E-state index contributed by atoms with van der Waals surface area (Å²) in [6.45, 7) is 4.22. The van der Waals surface area contributed by atoms with E-state index >= 15 is 0 Å². The summed E-state index contributed by atoms with van der Waals surface area (Å²) in [4.78, 5) is 4.06. The SMILES string of the molecule is Cc1nc2sc(C(C)(C)O)nn2c1C1=CC(S(=O)(=O)CC2(CO)COC2)=C(C(F)(F)F)CC1. The summed E-state index contributed by atoms with van der Waals surface area (Å²) < 4.78 is 74.2. The summed E-state index contributed by atoms with van der Waals surface area (Å²) in [6.07, 6.45) is -4.32. The van der Waals surface area contributed by atoms with Crippen LogP contribution < -0.4 is 0 Å². The van der Waals surface area contributed by atoms with E-state index in [1.807, 2.05) is 0 Å². The van der Waals surface area contributed by atoms with E-state index in [0.29, 0.717) is 26.9 Å². The molecule has 2 N–H and O–H groups in total. The van der Waals surface area contributed by atoms with Gasteiger partial charge in [-0.25, -0.2) is 17.9 Å². The van der Waals surface area contributed by atoms with E-state index in [0.717, 1.165) is 17.4 Å². The Hall–Kier alpha value is -1.80. The van der Waals surface area contributed by atoms with E-state index in [4.69, 9.17) is 4.74 Å². The number of alkyl halides is 3. The minimum absolute atomic E-state index is 0.0329. The molecule has 182 valence electrons. The van der Waals surface area contributed by atoms with Crippen LogP contribution in [0, 0.1) is 12.3 Å². The van der Waals surface area contributed by atoms with Gasteiger partial charge in [0.05, 0.1) is 52.9 Å². The highest BCUT2D eigenvalue weighted by molar-refractivity contribution is 7.95. The fourth-order valence-corrected chi connectivity index (χ4v) is 7.08. The Labute approximate surface area is 192 Å². The number of fused-ring (bicyclic) bond motifs is 1. The molecule has 0 unspecified atom stereocenters. The van der Waals surface area contributed by atoms with Gasteiger partial charge in [-0.05, 0) is 45.3 Å². The Morgan fingerprint density at radius 2 is 1.94 bits per heavy atom. The largest absolute Gasteiger partial charge is 0.413 e. The fraction of sp³-hybridized carbons (Fsp3) is 0.600. The van der Waals surface area contributed by atoms with Crippen LogP contribution in [0.2, 0.25) is 0 Å². The third-order valence-electron chi connectivity index (χ3n) is 5.78. The van der Waals surface area contributed by atoms with Gasteiger partial charge in [-0.15, -0.1) is 0 Å². The van der Waals surface area contributed by atoms with Crippen LogP contribution in [0.1, 0.15) is 43.1 Å². The van der Waals surface area contributed by atoms with Crippen molar-refractivity contribution in [2.75, 3.05) is 25.6 Å². The Morgan fingerprint density at radius 1 is 1.27 bits per heavy atom. The Kier molecular flexibility index (Phi) is 5.80. The molecule has 0 bridgehead atoms. The molecule has 13 heteroatoms. The lowest BCUT2D eigenvalue weighted by molar-refractivity contribution is -0.122. The number of imidazole rings is 1. The van der Waals surface area contributed by atoms with Gasteiger partial charge in [0, 0.05) is 0 Å². The molecular formula is C20H24F3N3O5S2. The molecule has 2 aromatic rings. The van der Waals surface area contributed by atoms with Crippen LogP contribution in [0.25, 0.3) is 10.5 Å². The lowest BCUT2D eigenvalue weighted by atomic mass is 9.90. The molecule has 1 aliphatic heterocycles. The average molecular weight is 508 g/mol. The first-order chi connectivity index (χ1) is 15.2. The number of hydrogen-bond donors (Lipinski definition) is 2. The number of halogens is 3. The van der Waals surface area contributed by atoms with Gasteiger partial charge in [0.25, 0.3) is 0 Å². The zero-order chi connectivity index (χ0) is 24.4. The topological polar surface area (TPSA) is 114 Å². The maximum Gasteiger partial charge on any atom is 0.413 e. The molecule has 0 atom stereocenters. The van der Waals surface area contributed by atoms with Gasteiger partial charge in [0.1, 0.15) is 10.6 Å². The zero-order valence-electron chi connectivity index (χ0n) is 18.2. The van der Waals surface area contributed by atoms with E-state index in [1.165, 1.54) is 4.52 Å². The van der Waals surface area contributed by atoms with Crippen LogP contribution in [0.5, 0.6) is 0 Å². The highest BCUT2D eigenvalue weighted by Gasteiger charge is 2.46. The van der Waals surface area contributed by atoms with E-state index in [1.54, 1.807) is 20.8 Å². The summed E-state index contributed by atoms with van der Waals surface area (Å²) in [5, 5.41) is 24.6. The number of nitrogens with zero attached hydrogens (tertiary/aromatic N) is 3. The third kappa shape index (κ3) is 4.36. The lowest BCUT2D eigenvalue weighted by Gasteiger charge is -2.39. The monoisotopic (exact) mass is 507 g/mol. The second-order valence-corrected chi connectivity index (χ2v) is 12.0. The van der Waals surface area contributed by atoms with Gasteiger partial charge in [-0.3, -0.25) is 0 Å². The molecule has 2 aliphatic rings. The molecule has 1 fully saturated rings. The van der Waals surface area contributed by atoms with Crippen LogP contribution in [0.3, 0.4) is 0 Å². The first-order valence-electron chi connectivity index (χ1n) is 10.2. The number of aliphatic hydroxyl groups excluding tert-OH is 1. The van der Waals surface area contributed by atoms with Gasteiger partial charge in [-0.2, -0.15) is 18.3 Å². The van der Waals surface area contributed by atoms with E-state index in [-0.39, 0.29) is 19.6 Å². The van der Waals surface area contributed by atoms with E-state index in [2.05, 4.69) is 10.1 Å². The fourth-order valence-electron chi connectivity index (χ4n) is 4.00. The zero-order valence-corrected chi connectivity index (χ0v) is 19.9. The summed E-state index contributed by atoms with van der Waals surface area (Å²) in [7, 11) is -4.40. The molecule has 4 rings (SSSR count). The molecule has 8 nitrogen and oxygen atoms in total. The van der Waals surface area contributed by atoms with E-state index < -0.39 is 56.3 Å². The summed E-state index contributed by atoms with van der Waals surface area (Å²) in [5.74, 6) is -0.643. The number of hydrogen-bond acceptors (Lipinski definition) is 8. The molecule has 3 heterocycles. The van der Waals surface area contributed by atoms with Crippen molar-refractivity contribution < 1.29 is 36.5 Å². The van der Waals surface area contributed by atoms with Crippen LogP contribution in [-0.2, 0) is 20.2 Å². The van der Waals surface area contributed by atoms with Crippen molar-refractivity contribution in [3.8, 4) is 0 Å². The van der Waals surface area contributed by atoms with Gasteiger partial charge in [0.15, 0.2) is 9.84 Å². The molecular weight excluding hydrogens is 483 g/mol. The highest BCUT2D eigenvalue weighted by Crippen LogP contribution is 2.43. The summed E-state index contributed by atoms with van der Waals surface area (Å²) in [5.41, 5.74) is -2.18. The maximum atomic E-state index is 13.8. The molecule has 2 aromatic heterocycles. The van der Waals surface area contributed by atoms with Gasteiger partial charge in [0.2, 0.25) is 4.96 Å². The number of aromatic nitrogens is 3. The predicted molar refractivity (Wildman–Crippen MR) is 115 cm³/mol. The highest BCUT2D eigenvalue weighted by atomic mass is 32.2. The van der Waals surface area contributed by atoms with Crippen molar-refractivity contribution in [1.82, 2.24) is 14.6 Å². The average Bonchev–Trinajstić information content (AvgIpc) is 3.20. The number of aliphatic hydroxyl groups is 2. The maximum absolute atomic E-state index is 13.8. The molecule has 1 saturated heterocycles. The van der Waals surface area contributed by atoms with Crippen molar-refractivity contribution in [1.29, 1.82) is 0 Å². The normalized spacial score (nSPS) is 19.7. The Bertz CT molecular complexity index is 1260. The first-order valence-corrected chi connectivity index (χ1v) is 12.7. The second kappa shape index (κ2) is 7.87. The smallest absolute Gasteiger partial charge is 0.396 e. The van der Waals surface area contributed by atoms with Crippen LogP contribution >= 0.6 is 11.3 Å². The number of allylic oxidation sites excluding steroid dienone is 3. The van der Waals surface area contributed by atoms with Gasteiger partial charge in [-0.1, -0.05) is 11.3 Å². The van der Waals surface area contributed by atoms with Crippen molar-refractivity contribution in [3.63, 3.8) is 0 Å². The summed E-state index contributed by atoms with van der Waals surface area (Å²) >= 11 is 1.15. The van der Waals surface area contributed by atoms with E-state index in [9.17, 15) is 31.8 Å². The van der Waals surface area contributed by atoms with Crippen molar-refractivity contribution in [2.45, 2.75) is 45.4 Å². The van der Waals surface area contributed by atoms with Crippen molar-refractivity contribution in [2.24, 2.45) is 5.41 Å². The van der Waals surface area contributed by atoms with Crippen LogP contribution in [0.4, 0.5) is 13.2 Å². The molecule has 0 radical (unpaired) electrons. The number of ether oxygens (including phenoxy) is 1. The number of rotatable bonds is 6. The molecule has 33 heavy (non-hydrogen) atoms. The molecule has 0 saturated carbocycles. The number of sulfone groups is 1. The van der Waals surface area contributed by atoms with Crippen molar-refractivity contribution in [3.05, 3.63) is 32.9 Å². The minimum Gasteiger partial charge on any atom is -0.396 e. The minimum atomic E-state index is -4.82. The molecule has 1 aliphatic carbocycles. The quantitative estimate of drug-likeness (QED) is 0.618. The molecule has 0 spiro atoms. The Morgan fingerprint density at radius 3 is 2.45 bits per heavy atom. The van der Waals surface area contributed by atoms with Crippen molar-refractivity contribution >= 4 is 31.7 Å². The van der Waals surface area contributed by atoms with Gasteiger partial charge >= 0.3 is 6.18 Å². The van der Waals surface area contributed by atoms with Gasteiger partial charge < -0.3 is 14.9 Å². The Balaban J connectivity index is 1.85. The predicted octanol–water partition coefficient (Wildman–Crippen LogP) is 2.74.